The Morgan fingerprint density at radius 1 is 1.32 bits per heavy atom. The average molecular weight is 352 g/mol. The van der Waals surface area contributed by atoms with Crippen LogP contribution in [0.25, 0.3) is 0 Å². The van der Waals surface area contributed by atoms with Crippen molar-refractivity contribution in [2.45, 2.75) is 19.8 Å². The predicted octanol–water partition coefficient (Wildman–Crippen LogP) is 4.45. The van der Waals surface area contributed by atoms with Crippen LogP contribution < -0.4 is 10.2 Å². The number of hydrogen-bond acceptors (Lipinski definition) is 3. The van der Waals surface area contributed by atoms with Crippen LogP contribution in [0.4, 0.5) is 11.4 Å². The summed E-state index contributed by atoms with van der Waals surface area (Å²) in [7, 11) is 0. The number of nitriles is 1. The van der Waals surface area contributed by atoms with E-state index in [-0.39, 0.29) is 11.5 Å². The van der Waals surface area contributed by atoms with Crippen LogP contribution in [0.3, 0.4) is 0 Å². The second-order valence-electron chi connectivity index (χ2n) is 5.97. The van der Waals surface area contributed by atoms with E-state index < -0.39 is 0 Å². The maximum Gasteiger partial charge on any atom is 0.270 e. The molecule has 0 bridgehead atoms. The third-order valence-electron chi connectivity index (χ3n) is 4.26. The van der Waals surface area contributed by atoms with Gasteiger partial charge in [0.2, 0.25) is 0 Å². The number of para-hydroxylation sites is 1. The van der Waals surface area contributed by atoms with Crippen LogP contribution in [-0.2, 0) is 11.2 Å². The maximum absolute atomic E-state index is 12.8. The molecule has 0 radical (unpaired) electrons. The molecule has 1 aliphatic rings. The van der Waals surface area contributed by atoms with Crippen molar-refractivity contribution in [1.29, 1.82) is 5.26 Å². The van der Waals surface area contributed by atoms with Crippen molar-refractivity contribution in [3.8, 4) is 6.07 Å². The molecule has 0 aliphatic carbocycles. The zero-order valence-electron chi connectivity index (χ0n) is 13.9. The highest BCUT2D eigenvalue weighted by Crippen LogP contribution is 2.28. The number of anilines is 2. The van der Waals surface area contributed by atoms with E-state index in [0.29, 0.717) is 11.6 Å². The third kappa shape index (κ3) is 3.67. The Morgan fingerprint density at radius 3 is 2.88 bits per heavy atom. The molecule has 5 heteroatoms. The fourth-order valence-corrected chi connectivity index (χ4v) is 3.05. The van der Waals surface area contributed by atoms with Gasteiger partial charge < -0.3 is 10.2 Å². The van der Waals surface area contributed by atoms with Gasteiger partial charge in [-0.15, -0.1) is 0 Å². The molecule has 1 N–H and O–H groups in total. The highest BCUT2D eigenvalue weighted by molar-refractivity contribution is 6.31. The van der Waals surface area contributed by atoms with Crippen LogP contribution in [0.15, 0.2) is 54.2 Å². The second-order valence-corrected chi connectivity index (χ2v) is 6.37. The van der Waals surface area contributed by atoms with Crippen LogP contribution in [0.5, 0.6) is 0 Å². The Kier molecular flexibility index (Phi) is 5.06. The molecule has 1 aliphatic heterocycles. The largest absolute Gasteiger partial charge is 0.360 e. The second kappa shape index (κ2) is 7.42. The van der Waals surface area contributed by atoms with Crippen molar-refractivity contribution in [3.05, 3.63) is 70.4 Å². The van der Waals surface area contributed by atoms with Gasteiger partial charge in [0.05, 0.1) is 0 Å². The normalized spacial score (nSPS) is 13.8. The number of carbonyl (C=O) groups is 1. The predicted molar refractivity (Wildman–Crippen MR) is 101 cm³/mol. The first-order valence-electron chi connectivity index (χ1n) is 8.13. The number of benzene rings is 2. The zero-order valence-corrected chi connectivity index (χ0v) is 14.7. The number of carbonyl (C=O) groups excluding carboxylic acids is 1. The molecular weight excluding hydrogens is 334 g/mol. The van der Waals surface area contributed by atoms with Crippen LogP contribution in [0, 0.1) is 18.3 Å². The SMILES string of the molecule is Cc1ccc(N/C=C(/C#N)C(=O)N2CCCc3ccccc32)cc1Cl. The number of amides is 1. The molecule has 25 heavy (non-hydrogen) atoms. The standard InChI is InChI=1S/C20H18ClN3O/c1-14-8-9-17(11-18(14)21)23-13-16(12-22)20(25)24-10-4-6-15-5-2-3-7-19(15)24/h2-3,5,7-9,11,13,23H,4,6,10H2,1H3/b16-13-. The summed E-state index contributed by atoms with van der Waals surface area (Å²) in [5.74, 6) is -0.291. The zero-order chi connectivity index (χ0) is 17.8. The lowest BCUT2D eigenvalue weighted by atomic mass is 10.0. The molecule has 0 unspecified atom stereocenters. The molecule has 126 valence electrons. The van der Waals surface area contributed by atoms with Gasteiger partial charge in [0.25, 0.3) is 5.91 Å². The number of halogens is 1. The van der Waals surface area contributed by atoms with Gasteiger partial charge in [-0.05, 0) is 49.1 Å². The summed E-state index contributed by atoms with van der Waals surface area (Å²) in [6.07, 6.45) is 3.29. The lowest BCUT2D eigenvalue weighted by molar-refractivity contribution is -0.114. The molecule has 0 fully saturated rings. The van der Waals surface area contributed by atoms with Gasteiger partial charge in [-0.1, -0.05) is 35.9 Å². The van der Waals surface area contributed by atoms with E-state index in [2.05, 4.69) is 5.32 Å². The molecule has 2 aromatic carbocycles. The van der Waals surface area contributed by atoms with E-state index in [4.69, 9.17) is 11.6 Å². The molecule has 0 spiro atoms. The van der Waals surface area contributed by atoms with Crippen LogP contribution >= 0.6 is 11.6 Å². The third-order valence-corrected chi connectivity index (χ3v) is 4.67. The fraction of sp³-hybridized carbons (Fsp3) is 0.200. The van der Waals surface area contributed by atoms with Gasteiger partial charge in [0.15, 0.2) is 0 Å². The first-order valence-corrected chi connectivity index (χ1v) is 8.50. The van der Waals surface area contributed by atoms with Gasteiger partial charge >= 0.3 is 0 Å². The van der Waals surface area contributed by atoms with Crippen molar-refractivity contribution in [1.82, 2.24) is 0 Å². The molecule has 1 amide bonds. The summed E-state index contributed by atoms with van der Waals surface area (Å²) < 4.78 is 0. The monoisotopic (exact) mass is 351 g/mol. The lowest BCUT2D eigenvalue weighted by Crippen LogP contribution is -2.36. The van der Waals surface area contributed by atoms with E-state index in [9.17, 15) is 10.1 Å². The number of rotatable bonds is 3. The number of nitrogens with one attached hydrogen (secondary N) is 1. The van der Waals surface area contributed by atoms with Gasteiger partial charge in [-0.2, -0.15) is 5.26 Å². The summed E-state index contributed by atoms with van der Waals surface area (Å²) in [5, 5.41) is 13.0. The molecule has 0 atom stereocenters. The van der Waals surface area contributed by atoms with Crippen LogP contribution in [0.1, 0.15) is 17.5 Å². The molecule has 3 rings (SSSR count). The van der Waals surface area contributed by atoms with E-state index in [1.165, 1.54) is 6.20 Å². The molecule has 0 saturated carbocycles. The van der Waals surface area contributed by atoms with Crippen molar-refractivity contribution < 1.29 is 4.79 Å². The van der Waals surface area contributed by atoms with Gasteiger partial charge in [-0.3, -0.25) is 4.79 Å². The number of aryl methyl sites for hydroxylation is 2. The fourth-order valence-electron chi connectivity index (χ4n) is 2.87. The van der Waals surface area contributed by atoms with Gasteiger partial charge in [0, 0.05) is 29.1 Å². The van der Waals surface area contributed by atoms with Gasteiger partial charge in [-0.25, -0.2) is 0 Å². The van der Waals surface area contributed by atoms with E-state index in [1.54, 1.807) is 11.0 Å². The highest BCUT2D eigenvalue weighted by Gasteiger charge is 2.24. The van der Waals surface area contributed by atoms with Crippen molar-refractivity contribution in [2.24, 2.45) is 0 Å². The Hall–Kier alpha value is -2.77. The number of hydrogen-bond donors (Lipinski definition) is 1. The van der Waals surface area contributed by atoms with Crippen LogP contribution in [-0.4, -0.2) is 12.5 Å². The first-order chi connectivity index (χ1) is 12.1. The molecule has 0 aromatic heterocycles. The summed E-state index contributed by atoms with van der Waals surface area (Å²) in [4.78, 5) is 14.5. The van der Waals surface area contributed by atoms with Gasteiger partial charge in [0.1, 0.15) is 11.6 Å². The Morgan fingerprint density at radius 2 is 2.12 bits per heavy atom. The smallest absolute Gasteiger partial charge is 0.270 e. The topological polar surface area (TPSA) is 56.1 Å². The van der Waals surface area contributed by atoms with Crippen LogP contribution in [0.2, 0.25) is 5.02 Å². The minimum Gasteiger partial charge on any atom is -0.360 e. The molecule has 1 heterocycles. The van der Waals surface area contributed by atoms with E-state index >= 15 is 0 Å². The summed E-state index contributed by atoms with van der Waals surface area (Å²) >= 11 is 6.10. The molecule has 4 nitrogen and oxygen atoms in total. The van der Waals surface area contributed by atoms with E-state index in [1.807, 2.05) is 49.4 Å². The minimum atomic E-state index is -0.291. The Bertz CT molecular complexity index is 883. The number of fused-ring (bicyclic) bond motifs is 1. The first kappa shape index (κ1) is 17.1. The number of nitrogens with zero attached hydrogens (tertiary/aromatic N) is 2. The van der Waals surface area contributed by atoms with E-state index in [0.717, 1.165) is 35.3 Å². The quantitative estimate of drug-likeness (QED) is 0.656. The Labute approximate surface area is 152 Å². The lowest BCUT2D eigenvalue weighted by Gasteiger charge is -2.29. The molecule has 2 aromatic rings. The average Bonchev–Trinajstić information content (AvgIpc) is 2.64. The maximum atomic E-state index is 12.8. The minimum absolute atomic E-state index is 0.0633. The van der Waals surface area contributed by atoms with Crippen molar-refractivity contribution >= 4 is 28.9 Å². The summed E-state index contributed by atoms with van der Waals surface area (Å²) in [5.41, 5.74) is 3.79. The summed E-state index contributed by atoms with van der Waals surface area (Å²) in [6, 6.07) is 15.3. The van der Waals surface area contributed by atoms with Crippen molar-refractivity contribution in [3.63, 3.8) is 0 Å². The molecule has 0 saturated heterocycles. The summed E-state index contributed by atoms with van der Waals surface area (Å²) in [6.45, 7) is 2.53. The van der Waals surface area contributed by atoms with Crippen molar-refractivity contribution in [2.75, 3.05) is 16.8 Å². The molecular formula is C20H18ClN3O. The Balaban J connectivity index is 1.82. The highest BCUT2D eigenvalue weighted by atomic mass is 35.5.